The molecule has 140 valence electrons. The second-order valence-electron chi connectivity index (χ2n) is 6.43. The van der Waals surface area contributed by atoms with E-state index in [1.165, 1.54) is 4.31 Å². The molecule has 0 bridgehead atoms. The molecule has 1 aromatic heterocycles. The number of hydrogen-bond donors (Lipinski definition) is 1. The zero-order valence-electron chi connectivity index (χ0n) is 14.8. The number of aromatic nitrogens is 2. The Bertz CT molecular complexity index is 824. The van der Waals surface area contributed by atoms with Crippen molar-refractivity contribution in [2.75, 3.05) is 18.8 Å². The molecule has 0 aliphatic carbocycles. The van der Waals surface area contributed by atoms with E-state index in [0.717, 1.165) is 11.3 Å². The molecular weight excluding hydrogens is 352 g/mol. The van der Waals surface area contributed by atoms with Crippen molar-refractivity contribution >= 4 is 15.9 Å². The van der Waals surface area contributed by atoms with Crippen molar-refractivity contribution in [3.05, 3.63) is 48.5 Å². The van der Waals surface area contributed by atoms with E-state index in [-0.39, 0.29) is 17.6 Å². The maximum absolute atomic E-state index is 12.4. The van der Waals surface area contributed by atoms with Crippen molar-refractivity contribution in [2.45, 2.75) is 26.3 Å². The summed E-state index contributed by atoms with van der Waals surface area (Å²) >= 11 is 0. The Morgan fingerprint density at radius 1 is 1.23 bits per heavy atom. The molecule has 0 spiro atoms. The van der Waals surface area contributed by atoms with Gasteiger partial charge in [-0.25, -0.2) is 17.7 Å². The molecule has 0 unspecified atom stereocenters. The number of benzene rings is 1. The minimum absolute atomic E-state index is 0.00256. The predicted octanol–water partition coefficient (Wildman–Crippen LogP) is 1.55. The van der Waals surface area contributed by atoms with Crippen LogP contribution in [-0.2, 0) is 21.4 Å². The van der Waals surface area contributed by atoms with Gasteiger partial charge < -0.3 is 9.88 Å². The van der Waals surface area contributed by atoms with Gasteiger partial charge in [0.1, 0.15) is 0 Å². The zero-order chi connectivity index (χ0) is 18.6. The Morgan fingerprint density at radius 2 is 1.92 bits per heavy atom. The standard InChI is InChI=1S/C18H24N4O3S/c1-2-26(24,25)22-10-7-16(8-11-22)18(23)20-13-15-3-5-17(6-4-15)21-12-9-19-14-21/h3-6,9,12,14,16H,2,7-8,10-11,13H2,1H3,(H,20,23). The highest BCUT2D eigenvalue weighted by molar-refractivity contribution is 7.89. The first-order valence-electron chi connectivity index (χ1n) is 8.82. The summed E-state index contributed by atoms with van der Waals surface area (Å²) in [5, 5.41) is 2.96. The Labute approximate surface area is 154 Å². The van der Waals surface area contributed by atoms with Crippen molar-refractivity contribution in [3.8, 4) is 5.69 Å². The molecule has 0 atom stereocenters. The van der Waals surface area contributed by atoms with Gasteiger partial charge in [-0.15, -0.1) is 0 Å². The number of piperidine rings is 1. The lowest BCUT2D eigenvalue weighted by Gasteiger charge is -2.30. The van der Waals surface area contributed by atoms with Crippen molar-refractivity contribution in [1.82, 2.24) is 19.2 Å². The van der Waals surface area contributed by atoms with E-state index in [1.54, 1.807) is 19.4 Å². The zero-order valence-corrected chi connectivity index (χ0v) is 15.7. The van der Waals surface area contributed by atoms with Gasteiger partial charge in [0.25, 0.3) is 0 Å². The highest BCUT2D eigenvalue weighted by Gasteiger charge is 2.29. The van der Waals surface area contributed by atoms with Crippen LogP contribution in [0.15, 0.2) is 43.0 Å². The number of sulfonamides is 1. The molecule has 26 heavy (non-hydrogen) atoms. The van der Waals surface area contributed by atoms with Gasteiger partial charge in [0.15, 0.2) is 0 Å². The number of nitrogens with one attached hydrogen (secondary N) is 1. The van der Waals surface area contributed by atoms with Crippen molar-refractivity contribution in [2.24, 2.45) is 5.92 Å². The van der Waals surface area contributed by atoms with E-state index in [9.17, 15) is 13.2 Å². The second-order valence-corrected chi connectivity index (χ2v) is 8.69. The Hall–Kier alpha value is -2.19. The van der Waals surface area contributed by atoms with Crippen LogP contribution < -0.4 is 5.32 Å². The van der Waals surface area contributed by atoms with E-state index in [4.69, 9.17) is 0 Å². The van der Waals surface area contributed by atoms with Crippen molar-refractivity contribution in [3.63, 3.8) is 0 Å². The lowest BCUT2D eigenvalue weighted by atomic mass is 9.97. The molecule has 2 heterocycles. The molecule has 1 aliphatic rings. The van der Waals surface area contributed by atoms with Crippen LogP contribution in [0.25, 0.3) is 5.69 Å². The third-order valence-corrected chi connectivity index (χ3v) is 6.67. The third kappa shape index (κ3) is 4.31. The summed E-state index contributed by atoms with van der Waals surface area (Å²) in [6.07, 6.45) is 6.49. The monoisotopic (exact) mass is 376 g/mol. The summed E-state index contributed by atoms with van der Waals surface area (Å²) in [7, 11) is -3.15. The van der Waals surface area contributed by atoms with Crippen LogP contribution >= 0.6 is 0 Å². The topological polar surface area (TPSA) is 84.3 Å². The summed E-state index contributed by atoms with van der Waals surface area (Å²) in [4.78, 5) is 16.4. The highest BCUT2D eigenvalue weighted by atomic mass is 32.2. The summed E-state index contributed by atoms with van der Waals surface area (Å²) in [6, 6.07) is 7.92. The van der Waals surface area contributed by atoms with Crippen LogP contribution in [0.5, 0.6) is 0 Å². The molecular formula is C18H24N4O3S. The SMILES string of the molecule is CCS(=O)(=O)N1CCC(C(=O)NCc2ccc(-n3ccnc3)cc2)CC1. The van der Waals surface area contributed by atoms with Gasteiger partial charge in [0.2, 0.25) is 15.9 Å². The molecule has 3 rings (SSSR count). The molecule has 0 saturated carbocycles. The van der Waals surface area contributed by atoms with Crippen molar-refractivity contribution in [1.29, 1.82) is 0 Å². The molecule has 1 N–H and O–H groups in total. The molecule has 2 aromatic rings. The Kier molecular flexibility index (Phi) is 5.73. The summed E-state index contributed by atoms with van der Waals surface area (Å²) in [5.74, 6) is -0.0142. The molecule has 1 amide bonds. The van der Waals surface area contributed by atoms with E-state index < -0.39 is 10.0 Å². The lowest BCUT2D eigenvalue weighted by Crippen LogP contribution is -2.43. The Balaban J connectivity index is 1.49. The van der Waals surface area contributed by atoms with E-state index >= 15 is 0 Å². The molecule has 0 radical (unpaired) electrons. The number of amides is 1. The van der Waals surface area contributed by atoms with Crippen LogP contribution in [0.1, 0.15) is 25.3 Å². The number of nitrogens with zero attached hydrogens (tertiary/aromatic N) is 3. The molecule has 1 saturated heterocycles. The van der Waals surface area contributed by atoms with Crippen LogP contribution in [-0.4, -0.2) is 47.0 Å². The minimum atomic E-state index is -3.15. The largest absolute Gasteiger partial charge is 0.352 e. The Morgan fingerprint density at radius 3 is 2.50 bits per heavy atom. The van der Waals surface area contributed by atoms with E-state index in [1.807, 2.05) is 35.0 Å². The molecule has 1 fully saturated rings. The number of carbonyl (C=O) groups is 1. The van der Waals surface area contributed by atoms with E-state index in [2.05, 4.69) is 10.3 Å². The number of imidazole rings is 1. The average Bonchev–Trinajstić information content (AvgIpc) is 3.21. The van der Waals surface area contributed by atoms with Crippen LogP contribution in [0.4, 0.5) is 0 Å². The second kappa shape index (κ2) is 8.01. The smallest absolute Gasteiger partial charge is 0.223 e. The third-order valence-electron chi connectivity index (χ3n) is 4.79. The quantitative estimate of drug-likeness (QED) is 0.829. The molecule has 8 heteroatoms. The molecule has 7 nitrogen and oxygen atoms in total. The van der Waals surface area contributed by atoms with Gasteiger partial charge in [-0.05, 0) is 37.5 Å². The number of hydrogen-bond acceptors (Lipinski definition) is 4. The van der Waals surface area contributed by atoms with Crippen molar-refractivity contribution < 1.29 is 13.2 Å². The van der Waals surface area contributed by atoms with Gasteiger partial charge >= 0.3 is 0 Å². The first-order valence-corrected chi connectivity index (χ1v) is 10.4. The summed E-state index contributed by atoms with van der Waals surface area (Å²) < 4.78 is 27.2. The van der Waals surface area contributed by atoms with Gasteiger partial charge in [-0.1, -0.05) is 12.1 Å². The highest BCUT2D eigenvalue weighted by Crippen LogP contribution is 2.20. The first kappa shape index (κ1) is 18.6. The van der Waals surface area contributed by atoms with E-state index in [0.29, 0.717) is 32.5 Å². The molecule has 1 aromatic carbocycles. The fourth-order valence-electron chi connectivity index (χ4n) is 3.11. The first-order chi connectivity index (χ1) is 12.5. The van der Waals surface area contributed by atoms with Gasteiger partial charge in [-0.2, -0.15) is 0 Å². The average molecular weight is 376 g/mol. The van der Waals surface area contributed by atoms with Crippen LogP contribution in [0, 0.1) is 5.92 Å². The van der Waals surface area contributed by atoms with Crippen LogP contribution in [0.3, 0.4) is 0 Å². The minimum Gasteiger partial charge on any atom is -0.352 e. The summed E-state index contributed by atoms with van der Waals surface area (Å²) in [6.45, 7) is 2.96. The fourth-order valence-corrected chi connectivity index (χ4v) is 4.24. The fraction of sp³-hybridized carbons (Fsp3) is 0.444. The maximum atomic E-state index is 12.4. The van der Waals surface area contributed by atoms with Crippen LogP contribution in [0.2, 0.25) is 0 Å². The van der Waals surface area contributed by atoms with Gasteiger partial charge in [-0.3, -0.25) is 4.79 Å². The summed E-state index contributed by atoms with van der Waals surface area (Å²) in [5.41, 5.74) is 2.04. The lowest BCUT2D eigenvalue weighted by molar-refractivity contribution is -0.126. The normalized spacial score (nSPS) is 16.5. The maximum Gasteiger partial charge on any atom is 0.223 e. The number of carbonyl (C=O) groups excluding carboxylic acids is 1. The van der Waals surface area contributed by atoms with Gasteiger partial charge in [0.05, 0.1) is 12.1 Å². The number of rotatable bonds is 6. The predicted molar refractivity (Wildman–Crippen MR) is 99.2 cm³/mol. The van der Waals surface area contributed by atoms with Gasteiger partial charge in [0, 0.05) is 43.6 Å². The molecule has 1 aliphatic heterocycles.